The van der Waals surface area contributed by atoms with Gasteiger partial charge in [-0.2, -0.15) is 13.2 Å². The molecule has 1 heterocycles. The van der Waals surface area contributed by atoms with Gasteiger partial charge in [-0.05, 0) is 43.4 Å². The molecule has 8 heteroatoms. The molecule has 1 amide bonds. The first kappa shape index (κ1) is 19.0. The first-order valence-electron chi connectivity index (χ1n) is 8.56. The number of benzene rings is 2. The summed E-state index contributed by atoms with van der Waals surface area (Å²) in [5.74, 6) is -0.455. The van der Waals surface area contributed by atoms with Gasteiger partial charge in [0.1, 0.15) is 0 Å². The molecule has 3 rings (SSSR count). The lowest BCUT2D eigenvalue weighted by atomic mass is 10.1. The highest BCUT2D eigenvalue weighted by molar-refractivity contribution is 6.09. The number of halogens is 3. The molecule has 1 aliphatic heterocycles. The van der Waals surface area contributed by atoms with Crippen LogP contribution in [0.15, 0.2) is 42.5 Å². The zero-order valence-electron chi connectivity index (χ0n) is 14.9. The lowest BCUT2D eigenvalue weighted by Gasteiger charge is -2.35. The lowest BCUT2D eigenvalue weighted by molar-refractivity contribution is -0.137. The summed E-state index contributed by atoms with van der Waals surface area (Å²) in [6, 6.07) is 9.54. The number of alkyl halides is 3. The number of piperazine rings is 1. The first-order valence-corrected chi connectivity index (χ1v) is 8.56. The van der Waals surface area contributed by atoms with Crippen molar-refractivity contribution in [3.63, 3.8) is 0 Å². The number of carbonyl (C=O) groups excluding carboxylic acids is 1. The van der Waals surface area contributed by atoms with Crippen molar-refractivity contribution in [3.8, 4) is 0 Å². The van der Waals surface area contributed by atoms with Crippen molar-refractivity contribution in [1.29, 1.82) is 0 Å². The summed E-state index contributed by atoms with van der Waals surface area (Å²) in [6.07, 6.45) is -4.41. The van der Waals surface area contributed by atoms with Gasteiger partial charge < -0.3 is 20.9 Å². The van der Waals surface area contributed by atoms with Gasteiger partial charge in [-0.3, -0.25) is 4.79 Å². The number of amides is 1. The minimum absolute atomic E-state index is 0.275. The summed E-state index contributed by atoms with van der Waals surface area (Å²) in [6.45, 7) is 3.43. The minimum atomic E-state index is -4.41. The Bertz CT molecular complexity index is 813. The third-order valence-corrected chi connectivity index (χ3v) is 4.64. The van der Waals surface area contributed by atoms with Crippen LogP contribution >= 0.6 is 0 Å². The molecule has 0 atom stereocenters. The van der Waals surface area contributed by atoms with Crippen molar-refractivity contribution in [2.45, 2.75) is 6.18 Å². The Morgan fingerprint density at radius 2 is 1.67 bits per heavy atom. The van der Waals surface area contributed by atoms with Gasteiger partial charge in [0.15, 0.2) is 0 Å². The standard InChI is InChI=1S/C19H21F3N4O/c1-25-9-11-26(12-10-25)16-4-2-3-15(17(16)23)18(27)24-14-7-5-13(6-8-14)19(20,21)22/h2-8H,9-12,23H2,1H3,(H,24,27). The number of hydrogen-bond donors (Lipinski definition) is 2. The second-order valence-corrected chi connectivity index (χ2v) is 6.56. The molecule has 0 aliphatic carbocycles. The van der Waals surface area contributed by atoms with Gasteiger partial charge >= 0.3 is 6.18 Å². The fraction of sp³-hybridized carbons (Fsp3) is 0.316. The highest BCUT2D eigenvalue weighted by atomic mass is 19.4. The van der Waals surface area contributed by atoms with Crippen molar-refractivity contribution in [1.82, 2.24) is 4.90 Å². The van der Waals surface area contributed by atoms with Crippen LogP contribution in [-0.2, 0) is 6.18 Å². The number of rotatable bonds is 3. The number of nitrogen functional groups attached to an aromatic ring is 1. The molecule has 0 bridgehead atoms. The Morgan fingerprint density at radius 3 is 2.26 bits per heavy atom. The molecule has 1 fully saturated rings. The molecule has 0 spiro atoms. The van der Waals surface area contributed by atoms with E-state index >= 15 is 0 Å². The van der Waals surface area contributed by atoms with Crippen LogP contribution in [0.3, 0.4) is 0 Å². The summed E-state index contributed by atoms with van der Waals surface area (Å²) < 4.78 is 37.9. The molecule has 0 aromatic heterocycles. The zero-order valence-corrected chi connectivity index (χ0v) is 14.9. The lowest BCUT2D eigenvalue weighted by Crippen LogP contribution is -2.44. The molecule has 5 nitrogen and oxygen atoms in total. The number of nitrogens with one attached hydrogen (secondary N) is 1. The van der Waals surface area contributed by atoms with Gasteiger partial charge in [0.05, 0.1) is 22.5 Å². The van der Waals surface area contributed by atoms with E-state index < -0.39 is 17.6 Å². The highest BCUT2D eigenvalue weighted by Gasteiger charge is 2.30. The van der Waals surface area contributed by atoms with Crippen LogP contribution < -0.4 is 16.0 Å². The molecular weight excluding hydrogens is 357 g/mol. The van der Waals surface area contributed by atoms with E-state index in [-0.39, 0.29) is 5.69 Å². The van der Waals surface area contributed by atoms with Crippen LogP contribution in [0.2, 0.25) is 0 Å². The van der Waals surface area contributed by atoms with E-state index in [4.69, 9.17) is 5.73 Å². The monoisotopic (exact) mass is 378 g/mol. The Labute approximate surface area is 155 Å². The Morgan fingerprint density at radius 1 is 1.04 bits per heavy atom. The second kappa shape index (κ2) is 7.48. The fourth-order valence-electron chi connectivity index (χ4n) is 3.02. The van der Waals surface area contributed by atoms with Gasteiger partial charge in [0, 0.05) is 31.9 Å². The van der Waals surface area contributed by atoms with E-state index in [0.717, 1.165) is 44.0 Å². The third-order valence-electron chi connectivity index (χ3n) is 4.64. The van der Waals surface area contributed by atoms with E-state index in [0.29, 0.717) is 11.3 Å². The average Bonchev–Trinajstić information content (AvgIpc) is 2.62. The summed E-state index contributed by atoms with van der Waals surface area (Å²) in [5, 5.41) is 2.60. The average molecular weight is 378 g/mol. The van der Waals surface area contributed by atoms with Crippen LogP contribution in [0.4, 0.5) is 30.2 Å². The number of carbonyl (C=O) groups is 1. The first-order chi connectivity index (χ1) is 12.8. The number of likely N-dealkylation sites (N-methyl/N-ethyl adjacent to an activating group) is 1. The smallest absolute Gasteiger partial charge is 0.396 e. The highest BCUT2D eigenvalue weighted by Crippen LogP contribution is 2.31. The van der Waals surface area contributed by atoms with E-state index in [2.05, 4.69) is 22.2 Å². The summed E-state index contributed by atoms with van der Waals surface area (Å²) >= 11 is 0. The molecule has 0 radical (unpaired) electrons. The Kier molecular flexibility index (Phi) is 5.27. The van der Waals surface area contributed by atoms with Crippen molar-refractivity contribution in [2.75, 3.05) is 49.2 Å². The quantitative estimate of drug-likeness (QED) is 0.805. The van der Waals surface area contributed by atoms with Crippen LogP contribution in [-0.4, -0.2) is 44.0 Å². The molecule has 0 saturated carbocycles. The topological polar surface area (TPSA) is 61.6 Å². The number of hydrogen-bond acceptors (Lipinski definition) is 4. The third kappa shape index (κ3) is 4.33. The summed E-state index contributed by atoms with van der Waals surface area (Å²) in [7, 11) is 2.05. The fourth-order valence-corrected chi connectivity index (χ4v) is 3.02. The largest absolute Gasteiger partial charge is 0.416 e. The Balaban J connectivity index is 1.76. The summed E-state index contributed by atoms with van der Waals surface area (Å²) in [4.78, 5) is 16.9. The van der Waals surface area contributed by atoms with Crippen molar-refractivity contribution in [2.24, 2.45) is 0 Å². The van der Waals surface area contributed by atoms with Gasteiger partial charge in [0.2, 0.25) is 0 Å². The second-order valence-electron chi connectivity index (χ2n) is 6.56. The normalized spacial score (nSPS) is 15.6. The van der Waals surface area contributed by atoms with Crippen LogP contribution in [0, 0.1) is 0 Å². The molecule has 1 aliphatic rings. The van der Waals surface area contributed by atoms with E-state index in [9.17, 15) is 18.0 Å². The Hall–Kier alpha value is -2.74. The number of nitrogens with zero attached hydrogens (tertiary/aromatic N) is 2. The molecule has 27 heavy (non-hydrogen) atoms. The van der Waals surface area contributed by atoms with Crippen LogP contribution in [0.5, 0.6) is 0 Å². The van der Waals surface area contributed by atoms with Gasteiger partial charge in [-0.15, -0.1) is 0 Å². The molecule has 2 aromatic rings. The number of nitrogens with two attached hydrogens (primary N) is 1. The maximum atomic E-state index is 12.6. The maximum Gasteiger partial charge on any atom is 0.416 e. The molecular formula is C19H21F3N4O. The van der Waals surface area contributed by atoms with Gasteiger partial charge in [0.25, 0.3) is 5.91 Å². The van der Waals surface area contributed by atoms with Gasteiger partial charge in [-0.25, -0.2) is 0 Å². The molecule has 0 unspecified atom stereocenters. The van der Waals surface area contributed by atoms with Crippen LogP contribution in [0.1, 0.15) is 15.9 Å². The zero-order chi connectivity index (χ0) is 19.6. The predicted molar refractivity (Wildman–Crippen MR) is 100.0 cm³/mol. The predicted octanol–water partition coefficient (Wildman–Crippen LogP) is 3.29. The summed E-state index contributed by atoms with van der Waals surface area (Å²) in [5.41, 5.74) is 7.19. The molecule has 3 N–H and O–H groups in total. The minimum Gasteiger partial charge on any atom is -0.396 e. The van der Waals surface area contributed by atoms with E-state index in [1.54, 1.807) is 12.1 Å². The molecule has 1 saturated heterocycles. The number of para-hydroxylation sites is 1. The van der Waals surface area contributed by atoms with Crippen LogP contribution in [0.25, 0.3) is 0 Å². The number of anilines is 3. The molecule has 144 valence electrons. The van der Waals surface area contributed by atoms with Gasteiger partial charge in [-0.1, -0.05) is 6.07 Å². The van der Waals surface area contributed by atoms with Crippen molar-refractivity contribution in [3.05, 3.63) is 53.6 Å². The SMILES string of the molecule is CN1CCN(c2cccc(C(=O)Nc3ccc(C(F)(F)F)cc3)c2N)CC1. The van der Waals surface area contributed by atoms with Crippen molar-refractivity contribution < 1.29 is 18.0 Å². The van der Waals surface area contributed by atoms with E-state index in [1.807, 2.05) is 6.07 Å². The van der Waals surface area contributed by atoms with Crippen molar-refractivity contribution >= 4 is 23.0 Å². The van der Waals surface area contributed by atoms with E-state index in [1.165, 1.54) is 12.1 Å². The maximum absolute atomic E-state index is 12.6. The molecule has 2 aromatic carbocycles.